The van der Waals surface area contributed by atoms with E-state index in [9.17, 15) is 14.7 Å². The zero-order valence-electron chi connectivity index (χ0n) is 13.2. The van der Waals surface area contributed by atoms with Crippen LogP contribution in [-0.4, -0.2) is 22.7 Å². The van der Waals surface area contributed by atoms with Crippen LogP contribution in [0.1, 0.15) is 10.4 Å². The predicted octanol–water partition coefficient (Wildman–Crippen LogP) is 2.50. The van der Waals surface area contributed by atoms with E-state index < -0.39 is 11.5 Å². The Morgan fingerprint density at radius 2 is 1.83 bits per heavy atom. The van der Waals surface area contributed by atoms with Crippen molar-refractivity contribution in [3.8, 4) is 11.5 Å². The second kappa shape index (κ2) is 6.08. The third-order valence-electron chi connectivity index (χ3n) is 3.82. The summed E-state index contributed by atoms with van der Waals surface area (Å²) in [6.07, 6.45) is 0. The number of pyridine rings is 1. The van der Waals surface area contributed by atoms with Crippen LogP contribution in [0, 0.1) is 0 Å². The molecule has 0 aliphatic rings. The van der Waals surface area contributed by atoms with Gasteiger partial charge in [0.1, 0.15) is 17.1 Å². The van der Waals surface area contributed by atoms with E-state index in [0.29, 0.717) is 22.3 Å². The topological polar surface area (TPSA) is 80.6 Å². The Labute approximate surface area is 137 Å². The lowest BCUT2D eigenvalue weighted by Gasteiger charge is -2.14. The number of amides is 1. The minimum atomic E-state index is -0.663. The summed E-state index contributed by atoms with van der Waals surface area (Å²) in [6, 6.07) is 13.7. The normalized spacial score (nSPS) is 10.6. The van der Waals surface area contributed by atoms with Crippen molar-refractivity contribution in [3.05, 3.63) is 64.4 Å². The minimum Gasteiger partial charge on any atom is -0.506 e. The van der Waals surface area contributed by atoms with Crippen LogP contribution in [0.15, 0.2) is 53.3 Å². The zero-order valence-corrected chi connectivity index (χ0v) is 13.2. The molecule has 0 spiro atoms. The van der Waals surface area contributed by atoms with Crippen LogP contribution >= 0.6 is 0 Å². The average molecular weight is 324 g/mol. The molecule has 0 saturated carbocycles. The molecular weight excluding hydrogens is 308 g/mol. The molecule has 1 heterocycles. The van der Waals surface area contributed by atoms with E-state index in [-0.39, 0.29) is 11.3 Å². The van der Waals surface area contributed by atoms with E-state index in [1.807, 2.05) is 6.07 Å². The van der Waals surface area contributed by atoms with Gasteiger partial charge in [-0.05, 0) is 24.3 Å². The summed E-state index contributed by atoms with van der Waals surface area (Å²) in [5.74, 6) is -0.582. The summed E-state index contributed by atoms with van der Waals surface area (Å²) >= 11 is 0. The standard InChI is InChI=1S/C18H16N2O4/c1-20-15-12(9-6-10-13(15)24-2)16(21)14(18(20)23)17(22)19-11-7-4-3-5-8-11/h3-10,21H,1-2H3,(H,19,22). The molecule has 0 saturated heterocycles. The number of hydrogen-bond acceptors (Lipinski definition) is 4. The number of fused-ring (bicyclic) bond motifs is 1. The number of nitrogens with one attached hydrogen (secondary N) is 1. The number of benzene rings is 2. The lowest BCUT2D eigenvalue weighted by atomic mass is 10.1. The van der Waals surface area contributed by atoms with Gasteiger partial charge in [-0.25, -0.2) is 0 Å². The molecule has 0 bridgehead atoms. The van der Waals surface area contributed by atoms with Crippen molar-refractivity contribution in [1.82, 2.24) is 4.57 Å². The highest BCUT2D eigenvalue weighted by Gasteiger charge is 2.22. The molecule has 3 rings (SSSR count). The summed E-state index contributed by atoms with van der Waals surface area (Å²) in [7, 11) is 3.01. The summed E-state index contributed by atoms with van der Waals surface area (Å²) in [5.41, 5.74) is 0.0634. The first-order chi connectivity index (χ1) is 11.5. The Morgan fingerprint density at radius 1 is 1.12 bits per heavy atom. The predicted molar refractivity (Wildman–Crippen MR) is 91.8 cm³/mol. The maximum absolute atomic E-state index is 12.6. The second-order valence-corrected chi connectivity index (χ2v) is 5.26. The average Bonchev–Trinajstić information content (AvgIpc) is 2.60. The molecule has 0 aliphatic heterocycles. The van der Waals surface area contributed by atoms with E-state index in [0.717, 1.165) is 0 Å². The molecule has 0 aliphatic carbocycles. The van der Waals surface area contributed by atoms with Gasteiger partial charge in [-0.3, -0.25) is 9.59 Å². The molecule has 24 heavy (non-hydrogen) atoms. The number of aromatic nitrogens is 1. The number of methoxy groups -OCH3 is 1. The van der Waals surface area contributed by atoms with E-state index in [1.165, 1.54) is 18.7 Å². The van der Waals surface area contributed by atoms with Crippen LogP contribution < -0.4 is 15.6 Å². The minimum absolute atomic E-state index is 0.304. The van der Waals surface area contributed by atoms with Gasteiger partial charge in [-0.15, -0.1) is 0 Å². The van der Waals surface area contributed by atoms with Crippen LogP contribution in [-0.2, 0) is 7.05 Å². The molecule has 0 radical (unpaired) electrons. The number of aromatic hydroxyl groups is 1. The SMILES string of the molecule is COc1cccc2c(O)c(C(=O)Nc3ccccc3)c(=O)n(C)c12. The molecule has 6 nitrogen and oxygen atoms in total. The monoisotopic (exact) mass is 324 g/mol. The van der Waals surface area contributed by atoms with E-state index >= 15 is 0 Å². The quantitative estimate of drug-likeness (QED) is 0.776. The molecule has 1 aromatic heterocycles. The fraction of sp³-hybridized carbons (Fsp3) is 0.111. The van der Waals surface area contributed by atoms with Crippen LogP contribution in [0.2, 0.25) is 0 Å². The molecule has 122 valence electrons. The summed E-state index contributed by atoms with van der Waals surface area (Å²) in [4.78, 5) is 25.1. The van der Waals surface area contributed by atoms with Crippen LogP contribution in [0.4, 0.5) is 5.69 Å². The Kier molecular flexibility index (Phi) is 3.95. The van der Waals surface area contributed by atoms with Gasteiger partial charge in [-0.1, -0.05) is 24.3 Å². The number of para-hydroxylation sites is 2. The largest absolute Gasteiger partial charge is 0.506 e. The van der Waals surface area contributed by atoms with Crippen molar-refractivity contribution < 1.29 is 14.6 Å². The van der Waals surface area contributed by atoms with Crippen LogP contribution in [0.3, 0.4) is 0 Å². The maximum atomic E-state index is 12.6. The Hall–Kier alpha value is -3.28. The van der Waals surface area contributed by atoms with Crippen LogP contribution in [0.25, 0.3) is 10.9 Å². The fourth-order valence-corrected chi connectivity index (χ4v) is 2.65. The number of aryl methyl sites for hydroxylation is 1. The maximum Gasteiger partial charge on any atom is 0.267 e. The van der Waals surface area contributed by atoms with Crippen molar-refractivity contribution in [3.63, 3.8) is 0 Å². The molecule has 2 N–H and O–H groups in total. The first kappa shape index (κ1) is 15.6. The lowest BCUT2D eigenvalue weighted by molar-refractivity contribution is 0.102. The van der Waals surface area contributed by atoms with Crippen molar-refractivity contribution in [1.29, 1.82) is 0 Å². The van der Waals surface area contributed by atoms with Gasteiger partial charge in [0.25, 0.3) is 11.5 Å². The Morgan fingerprint density at radius 3 is 2.50 bits per heavy atom. The van der Waals surface area contributed by atoms with Gasteiger partial charge in [0.2, 0.25) is 0 Å². The highest BCUT2D eigenvalue weighted by molar-refractivity contribution is 6.09. The number of hydrogen-bond donors (Lipinski definition) is 2. The van der Waals surface area contributed by atoms with Gasteiger partial charge < -0.3 is 19.7 Å². The molecule has 2 aromatic carbocycles. The smallest absolute Gasteiger partial charge is 0.267 e. The first-order valence-corrected chi connectivity index (χ1v) is 7.29. The molecule has 0 unspecified atom stereocenters. The Bertz CT molecular complexity index is 978. The van der Waals surface area contributed by atoms with Gasteiger partial charge in [0, 0.05) is 18.1 Å². The summed E-state index contributed by atoms with van der Waals surface area (Å²) in [5, 5.41) is 13.5. The molecule has 1 amide bonds. The number of carbonyl (C=O) groups excluding carboxylic acids is 1. The molecule has 3 aromatic rings. The first-order valence-electron chi connectivity index (χ1n) is 7.29. The van der Waals surface area contributed by atoms with Gasteiger partial charge in [0.15, 0.2) is 0 Å². The highest BCUT2D eigenvalue weighted by Crippen LogP contribution is 2.32. The van der Waals surface area contributed by atoms with E-state index in [1.54, 1.807) is 42.5 Å². The van der Waals surface area contributed by atoms with E-state index in [4.69, 9.17) is 4.74 Å². The Balaban J connectivity index is 2.19. The number of nitrogens with zero attached hydrogens (tertiary/aromatic N) is 1. The number of anilines is 1. The molecule has 0 atom stereocenters. The van der Waals surface area contributed by atoms with Crippen molar-refractivity contribution >= 4 is 22.5 Å². The van der Waals surface area contributed by atoms with Gasteiger partial charge >= 0.3 is 0 Å². The fourth-order valence-electron chi connectivity index (χ4n) is 2.65. The molecule has 6 heteroatoms. The number of rotatable bonds is 3. The number of ether oxygens (including phenoxy) is 1. The van der Waals surface area contributed by atoms with Crippen molar-refractivity contribution in [2.24, 2.45) is 7.05 Å². The summed E-state index contributed by atoms with van der Waals surface area (Å²) in [6.45, 7) is 0. The van der Waals surface area contributed by atoms with Gasteiger partial charge in [-0.2, -0.15) is 0 Å². The third-order valence-corrected chi connectivity index (χ3v) is 3.82. The molecule has 0 fully saturated rings. The second-order valence-electron chi connectivity index (χ2n) is 5.26. The van der Waals surface area contributed by atoms with Crippen molar-refractivity contribution in [2.75, 3.05) is 12.4 Å². The number of carbonyl (C=O) groups is 1. The van der Waals surface area contributed by atoms with Crippen molar-refractivity contribution in [2.45, 2.75) is 0 Å². The van der Waals surface area contributed by atoms with Gasteiger partial charge in [0.05, 0.1) is 12.6 Å². The third kappa shape index (κ3) is 2.48. The zero-order chi connectivity index (χ0) is 17.3. The highest BCUT2D eigenvalue weighted by atomic mass is 16.5. The van der Waals surface area contributed by atoms with E-state index in [2.05, 4.69) is 5.32 Å². The lowest BCUT2D eigenvalue weighted by Crippen LogP contribution is -2.28. The molecular formula is C18H16N2O4. The summed E-state index contributed by atoms with van der Waals surface area (Å²) < 4.78 is 6.54. The van der Waals surface area contributed by atoms with Crippen LogP contribution in [0.5, 0.6) is 11.5 Å².